The summed E-state index contributed by atoms with van der Waals surface area (Å²) in [7, 11) is 0. The SMILES string of the molecule is CCCCCCCCC=CCCCCCCCC(=O)O[C@@H]1CC[C@@]2(C)C(=CC[C@H]3[C@@H]4CC[C@H]([C@H](C)CC[C@@H](CC)C(C)C)[C@@]4(C)CC[C@@H]32)C1. The predicted octanol–water partition coefficient (Wildman–Crippen LogP) is 14.6. The smallest absolute Gasteiger partial charge is 0.306 e. The fraction of sp³-hybridized carbons (Fsp3) is 0.894. The fourth-order valence-electron chi connectivity index (χ4n) is 12.0. The van der Waals surface area contributed by atoms with Crippen molar-refractivity contribution in [2.75, 3.05) is 0 Å². The molecule has 282 valence electrons. The van der Waals surface area contributed by atoms with Crippen molar-refractivity contribution in [3.05, 3.63) is 23.8 Å². The molecule has 0 amide bonds. The molecule has 3 saturated carbocycles. The second-order valence-electron chi connectivity index (χ2n) is 18.6. The Bertz CT molecular complexity index is 1020. The van der Waals surface area contributed by atoms with Crippen molar-refractivity contribution < 1.29 is 9.53 Å². The van der Waals surface area contributed by atoms with Crippen LogP contribution in [0.3, 0.4) is 0 Å². The molecular weight excluding hydrogens is 597 g/mol. The summed E-state index contributed by atoms with van der Waals surface area (Å²) >= 11 is 0. The highest BCUT2D eigenvalue weighted by Crippen LogP contribution is 2.67. The molecule has 0 aliphatic heterocycles. The third kappa shape index (κ3) is 11.0. The molecule has 4 rings (SSSR count). The van der Waals surface area contributed by atoms with E-state index in [1.807, 2.05) is 0 Å². The second-order valence-corrected chi connectivity index (χ2v) is 18.6. The Morgan fingerprint density at radius 3 is 2.16 bits per heavy atom. The maximum absolute atomic E-state index is 12.8. The quantitative estimate of drug-likeness (QED) is 0.0647. The van der Waals surface area contributed by atoms with Crippen molar-refractivity contribution in [2.24, 2.45) is 52.3 Å². The average molecular weight is 679 g/mol. The van der Waals surface area contributed by atoms with E-state index >= 15 is 0 Å². The molecule has 0 aromatic carbocycles. The van der Waals surface area contributed by atoms with Crippen LogP contribution in [0.1, 0.15) is 209 Å². The molecule has 0 heterocycles. The normalized spacial score (nSPS) is 32.4. The van der Waals surface area contributed by atoms with Gasteiger partial charge in [-0.15, -0.1) is 0 Å². The van der Waals surface area contributed by atoms with Crippen molar-refractivity contribution in [1.29, 1.82) is 0 Å². The van der Waals surface area contributed by atoms with E-state index in [0.29, 0.717) is 17.3 Å². The zero-order valence-electron chi connectivity index (χ0n) is 33.8. The first-order chi connectivity index (χ1) is 23.6. The average Bonchev–Trinajstić information content (AvgIpc) is 3.44. The summed E-state index contributed by atoms with van der Waals surface area (Å²) in [6.07, 6.45) is 39.4. The van der Waals surface area contributed by atoms with Crippen LogP contribution in [0, 0.1) is 52.3 Å². The molecule has 0 bridgehead atoms. The molecule has 4 aliphatic rings. The minimum atomic E-state index is 0.0544. The summed E-state index contributed by atoms with van der Waals surface area (Å²) < 4.78 is 6.14. The van der Waals surface area contributed by atoms with Gasteiger partial charge in [-0.1, -0.05) is 136 Å². The third-order valence-corrected chi connectivity index (χ3v) is 15.2. The van der Waals surface area contributed by atoms with Crippen LogP contribution in [0.2, 0.25) is 0 Å². The first-order valence-corrected chi connectivity index (χ1v) is 22.2. The number of hydrogen-bond acceptors (Lipinski definition) is 2. The number of fused-ring (bicyclic) bond motifs is 5. The van der Waals surface area contributed by atoms with Gasteiger partial charge in [0, 0.05) is 12.8 Å². The summed E-state index contributed by atoms with van der Waals surface area (Å²) in [5.74, 6) is 6.15. The minimum Gasteiger partial charge on any atom is -0.462 e. The van der Waals surface area contributed by atoms with Crippen molar-refractivity contribution in [3.63, 3.8) is 0 Å². The van der Waals surface area contributed by atoms with Gasteiger partial charge in [-0.2, -0.15) is 0 Å². The first-order valence-electron chi connectivity index (χ1n) is 22.2. The molecule has 2 heteroatoms. The van der Waals surface area contributed by atoms with Crippen LogP contribution in [0.4, 0.5) is 0 Å². The van der Waals surface area contributed by atoms with Gasteiger partial charge < -0.3 is 4.74 Å². The van der Waals surface area contributed by atoms with Crippen molar-refractivity contribution >= 4 is 5.97 Å². The van der Waals surface area contributed by atoms with Crippen LogP contribution in [-0.2, 0) is 9.53 Å². The molecule has 4 aliphatic carbocycles. The Labute approximate surface area is 305 Å². The van der Waals surface area contributed by atoms with E-state index in [9.17, 15) is 4.79 Å². The minimum absolute atomic E-state index is 0.0544. The number of rotatable bonds is 22. The highest BCUT2D eigenvalue weighted by Gasteiger charge is 2.59. The lowest BCUT2D eigenvalue weighted by Gasteiger charge is -2.58. The lowest BCUT2D eigenvalue weighted by molar-refractivity contribution is -0.151. The molecule has 49 heavy (non-hydrogen) atoms. The molecule has 0 aromatic heterocycles. The number of esters is 1. The Kier molecular flexibility index (Phi) is 16.8. The van der Waals surface area contributed by atoms with Gasteiger partial charge in [0.15, 0.2) is 0 Å². The molecule has 0 radical (unpaired) electrons. The molecule has 0 unspecified atom stereocenters. The van der Waals surface area contributed by atoms with Crippen molar-refractivity contribution in [2.45, 2.75) is 215 Å². The van der Waals surface area contributed by atoms with E-state index in [-0.39, 0.29) is 12.1 Å². The number of ether oxygens (including phenoxy) is 1. The van der Waals surface area contributed by atoms with Crippen LogP contribution in [-0.4, -0.2) is 12.1 Å². The molecule has 3 fully saturated rings. The number of carbonyl (C=O) groups excluding carboxylic acids is 1. The van der Waals surface area contributed by atoms with Crippen molar-refractivity contribution in [3.8, 4) is 0 Å². The van der Waals surface area contributed by atoms with Crippen molar-refractivity contribution in [1.82, 2.24) is 0 Å². The Morgan fingerprint density at radius 2 is 1.49 bits per heavy atom. The molecule has 0 N–H and O–H groups in total. The number of allylic oxidation sites excluding steroid dienone is 3. The maximum atomic E-state index is 12.8. The van der Waals surface area contributed by atoms with E-state index in [1.54, 1.807) is 5.57 Å². The summed E-state index contributed by atoms with van der Waals surface area (Å²) in [5, 5.41) is 0. The molecule has 9 atom stereocenters. The number of carbonyl (C=O) groups is 1. The van der Waals surface area contributed by atoms with E-state index in [2.05, 4.69) is 66.7 Å². The second kappa shape index (κ2) is 20.3. The van der Waals surface area contributed by atoms with Gasteiger partial charge in [0.1, 0.15) is 6.10 Å². The Morgan fingerprint density at radius 1 is 0.816 bits per heavy atom. The monoisotopic (exact) mass is 679 g/mol. The van der Waals surface area contributed by atoms with Gasteiger partial charge in [-0.05, 0) is 136 Å². The van der Waals surface area contributed by atoms with Crippen LogP contribution in [0.5, 0.6) is 0 Å². The van der Waals surface area contributed by atoms with E-state index < -0.39 is 0 Å². The highest BCUT2D eigenvalue weighted by molar-refractivity contribution is 5.69. The summed E-state index contributed by atoms with van der Waals surface area (Å²) in [6.45, 7) is 17.5. The first kappa shape index (κ1) is 40.7. The molecular formula is C47H82O2. The van der Waals surface area contributed by atoms with E-state index in [0.717, 1.165) is 67.1 Å². The molecule has 0 saturated heterocycles. The van der Waals surface area contributed by atoms with Gasteiger partial charge in [0.25, 0.3) is 0 Å². The third-order valence-electron chi connectivity index (χ3n) is 15.2. The standard InChI is InChI=1S/C47H82O2/c1-8-10-11-12-13-14-15-16-17-18-19-20-21-22-23-24-45(48)49-40-31-33-46(6)39(35-40)27-28-41-43-30-29-42(47(43,7)34-32-44(41)46)37(5)25-26-38(9-2)36(3)4/h16-17,27,36-38,40-44H,8-15,18-26,28-35H2,1-7H3/t37-,38-,40-,41+,42-,43+,44+,46+,47-/m1/s1. The summed E-state index contributed by atoms with van der Waals surface area (Å²) in [6, 6.07) is 0. The lowest BCUT2D eigenvalue weighted by Crippen LogP contribution is -2.51. The summed E-state index contributed by atoms with van der Waals surface area (Å²) in [4.78, 5) is 12.8. The van der Waals surface area contributed by atoms with Gasteiger partial charge in [-0.25, -0.2) is 0 Å². The van der Waals surface area contributed by atoms with Crippen LogP contribution in [0.25, 0.3) is 0 Å². The van der Waals surface area contributed by atoms with Crippen LogP contribution in [0.15, 0.2) is 23.8 Å². The Balaban J connectivity index is 1.13. The largest absolute Gasteiger partial charge is 0.462 e. The number of unbranched alkanes of at least 4 members (excludes halogenated alkanes) is 11. The molecule has 2 nitrogen and oxygen atoms in total. The molecule has 0 aromatic rings. The Hall–Kier alpha value is -1.05. The highest BCUT2D eigenvalue weighted by atomic mass is 16.5. The number of hydrogen-bond donors (Lipinski definition) is 0. The topological polar surface area (TPSA) is 26.3 Å². The predicted molar refractivity (Wildman–Crippen MR) is 212 cm³/mol. The summed E-state index contributed by atoms with van der Waals surface area (Å²) in [5.41, 5.74) is 2.51. The zero-order chi connectivity index (χ0) is 35.3. The van der Waals surface area contributed by atoms with E-state index in [1.165, 1.54) is 128 Å². The van der Waals surface area contributed by atoms with Crippen LogP contribution >= 0.6 is 0 Å². The molecule has 0 spiro atoms. The van der Waals surface area contributed by atoms with Gasteiger partial charge >= 0.3 is 5.97 Å². The fourth-order valence-corrected chi connectivity index (χ4v) is 12.0. The van der Waals surface area contributed by atoms with E-state index in [4.69, 9.17) is 4.74 Å². The van der Waals surface area contributed by atoms with Gasteiger partial charge in [0.2, 0.25) is 0 Å². The maximum Gasteiger partial charge on any atom is 0.306 e. The van der Waals surface area contributed by atoms with Gasteiger partial charge in [-0.3, -0.25) is 4.79 Å². The van der Waals surface area contributed by atoms with Gasteiger partial charge in [0.05, 0.1) is 0 Å². The van der Waals surface area contributed by atoms with Crippen LogP contribution < -0.4 is 0 Å². The zero-order valence-corrected chi connectivity index (χ0v) is 33.8. The lowest BCUT2D eigenvalue weighted by atomic mass is 9.47.